The van der Waals surface area contributed by atoms with Gasteiger partial charge in [-0.15, -0.1) is 16.4 Å². The fourth-order valence-corrected chi connectivity index (χ4v) is 4.67. The molecule has 3 aliphatic rings. The Morgan fingerprint density at radius 3 is 2.74 bits per heavy atom. The summed E-state index contributed by atoms with van der Waals surface area (Å²) in [6, 6.07) is 9.29. The van der Waals surface area contributed by atoms with E-state index < -0.39 is 0 Å². The molecule has 0 spiro atoms. The molecule has 4 aromatic rings. The molecule has 7 nitrogen and oxygen atoms in total. The lowest BCUT2D eigenvalue weighted by Gasteiger charge is -2.47. The third kappa shape index (κ3) is 2.44. The molecule has 0 radical (unpaired) electrons. The van der Waals surface area contributed by atoms with E-state index in [9.17, 15) is 0 Å². The van der Waals surface area contributed by atoms with Gasteiger partial charge in [0.2, 0.25) is 5.95 Å². The van der Waals surface area contributed by atoms with Crippen molar-refractivity contribution in [2.75, 3.05) is 18.0 Å². The Kier molecular flexibility index (Phi) is 3.29. The van der Waals surface area contributed by atoms with Gasteiger partial charge in [0, 0.05) is 60.3 Å². The first-order valence-electron chi connectivity index (χ1n) is 9.06. The molecule has 0 saturated carbocycles. The lowest BCUT2D eigenvalue weighted by atomic mass is 9.92. The average molecular weight is 375 g/mol. The smallest absolute Gasteiger partial charge is 0.245 e. The molecule has 2 unspecified atom stereocenters. The van der Waals surface area contributed by atoms with Crippen molar-refractivity contribution in [1.29, 1.82) is 0 Å². The maximum atomic E-state index is 4.94. The summed E-state index contributed by atoms with van der Waals surface area (Å²) >= 11 is 1.61. The molecule has 2 atom stereocenters. The van der Waals surface area contributed by atoms with Gasteiger partial charge in [0.25, 0.3) is 0 Å². The Morgan fingerprint density at radius 1 is 1.11 bits per heavy atom. The summed E-state index contributed by atoms with van der Waals surface area (Å²) in [5.41, 5.74) is 3.88. The number of pyridine rings is 2. The zero-order valence-corrected chi connectivity index (χ0v) is 15.3. The SMILES string of the molecule is c1cncc(-c2ccc(-c3nccs3)n3nc(N4CC5CC(C4)N5)nc23)c1. The zero-order valence-electron chi connectivity index (χ0n) is 14.5. The lowest BCUT2D eigenvalue weighted by Crippen LogP contribution is -2.67. The third-order valence-electron chi connectivity index (χ3n) is 5.30. The number of piperidine rings is 1. The summed E-state index contributed by atoms with van der Waals surface area (Å²) in [6.07, 6.45) is 6.73. The highest BCUT2D eigenvalue weighted by Crippen LogP contribution is 2.31. The van der Waals surface area contributed by atoms with Crippen molar-refractivity contribution in [2.45, 2.75) is 18.5 Å². The van der Waals surface area contributed by atoms with Crippen LogP contribution >= 0.6 is 11.3 Å². The van der Waals surface area contributed by atoms with Crippen molar-refractivity contribution in [2.24, 2.45) is 0 Å². The minimum Gasteiger partial charge on any atom is -0.336 e. The second kappa shape index (κ2) is 5.83. The van der Waals surface area contributed by atoms with Gasteiger partial charge in [0.1, 0.15) is 10.7 Å². The fourth-order valence-electron chi connectivity index (χ4n) is 4.02. The minimum absolute atomic E-state index is 0.562. The number of rotatable bonds is 3. The Hall–Kier alpha value is -2.84. The molecule has 8 heteroatoms. The van der Waals surface area contributed by atoms with E-state index in [2.05, 4.69) is 38.4 Å². The van der Waals surface area contributed by atoms with Crippen LogP contribution in [0, 0.1) is 0 Å². The predicted octanol–water partition coefficient (Wildman–Crippen LogP) is 2.47. The number of nitrogens with one attached hydrogen (secondary N) is 1. The van der Waals surface area contributed by atoms with Crippen molar-refractivity contribution >= 4 is 22.9 Å². The van der Waals surface area contributed by atoms with Gasteiger partial charge in [-0.3, -0.25) is 4.98 Å². The second-order valence-electron chi connectivity index (χ2n) is 7.06. The van der Waals surface area contributed by atoms with Gasteiger partial charge in [-0.05, 0) is 24.6 Å². The van der Waals surface area contributed by atoms with Crippen LogP contribution in [0.4, 0.5) is 5.95 Å². The van der Waals surface area contributed by atoms with Gasteiger partial charge >= 0.3 is 0 Å². The van der Waals surface area contributed by atoms with E-state index in [0.29, 0.717) is 12.1 Å². The molecule has 4 aromatic heterocycles. The summed E-state index contributed by atoms with van der Waals surface area (Å²) in [7, 11) is 0. The number of piperazine rings is 1. The van der Waals surface area contributed by atoms with Crippen LogP contribution in [0.25, 0.3) is 27.5 Å². The summed E-state index contributed by atoms with van der Waals surface area (Å²) in [5.74, 6) is 0.792. The molecule has 1 N–H and O–H groups in total. The Bertz CT molecular complexity index is 1090. The van der Waals surface area contributed by atoms with E-state index >= 15 is 0 Å². The maximum Gasteiger partial charge on any atom is 0.245 e. The molecule has 27 heavy (non-hydrogen) atoms. The number of thiazole rings is 1. The Labute approximate surface area is 159 Å². The second-order valence-corrected chi connectivity index (χ2v) is 7.95. The molecule has 2 bridgehead atoms. The van der Waals surface area contributed by atoms with E-state index in [4.69, 9.17) is 10.1 Å². The van der Waals surface area contributed by atoms with Crippen LogP contribution in [-0.4, -0.2) is 49.7 Å². The summed E-state index contributed by atoms with van der Waals surface area (Å²) in [5, 5.41) is 11.4. The molecule has 7 heterocycles. The molecule has 0 aromatic carbocycles. The number of anilines is 1. The van der Waals surface area contributed by atoms with Crippen LogP contribution in [0.2, 0.25) is 0 Å². The molecular weight excluding hydrogens is 358 g/mol. The van der Waals surface area contributed by atoms with Crippen LogP contribution in [0.1, 0.15) is 6.42 Å². The van der Waals surface area contributed by atoms with E-state index in [-0.39, 0.29) is 0 Å². The largest absolute Gasteiger partial charge is 0.336 e. The van der Waals surface area contributed by atoms with E-state index in [1.807, 2.05) is 28.4 Å². The summed E-state index contributed by atoms with van der Waals surface area (Å²) in [4.78, 5) is 16.0. The van der Waals surface area contributed by atoms with E-state index in [1.165, 1.54) is 6.42 Å². The van der Waals surface area contributed by atoms with Crippen molar-refractivity contribution in [1.82, 2.24) is 29.9 Å². The van der Waals surface area contributed by atoms with Crippen LogP contribution < -0.4 is 10.2 Å². The lowest BCUT2D eigenvalue weighted by molar-refractivity contribution is 0.224. The molecule has 3 fully saturated rings. The third-order valence-corrected chi connectivity index (χ3v) is 6.10. The molecular formula is C19H17N7S. The van der Waals surface area contributed by atoms with Gasteiger partial charge in [-0.25, -0.2) is 9.50 Å². The van der Waals surface area contributed by atoms with Gasteiger partial charge in [0.05, 0.1) is 0 Å². The van der Waals surface area contributed by atoms with Crippen LogP contribution in [0.5, 0.6) is 0 Å². The van der Waals surface area contributed by atoms with Crippen LogP contribution in [0.3, 0.4) is 0 Å². The van der Waals surface area contributed by atoms with Gasteiger partial charge in [-0.2, -0.15) is 4.98 Å². The number of hydrogen-bond donors (Lipinski definition) is 1. The topological polar surface area (TPSA) is 71.2 Å². The normalized spacial score (nSPS) is 21.4. The average Bonchev–Trinajstić information content (AvgIpc) is 3.38. The Morgan fingerprint density at radius 2 is 2.00 bits per heavy atom. The fraction of sp³-hybridized carbons (Fsp3) is 0.263. The van der Waals surface area contributed by atoms with Crippen molar-refractivity contribution in [3.05, 3.63) is 48.2 Å². The Balaban J connectivity index is 1.54. The first-order valence-corrected chi connectivity index (χ1v) is 9.94. The van der Waals surface area contributed by atoms with E-state index in [1.54, 1.807) is 17.5 Å². The monoisotopic (exact) mass is 375 g/mol. The van der Waals surface area contributed by atoms with Gasteiger partial charge in [-0.1, -0.05) is 6.07 Å². The first-order chi connectivity index (χ1) is 13.3. The molecule has 3 saturated heterocycles. The predicted molar refractivity (Wildman–Crippen MR) is 105 cm³/mol. The molecule has 7 rings (SSSR count). The standard InChI is InChI=1S/C19H17N7S/c1-2-12(9-20-5-1)15-3-4-16(18-21-6-7-27-18)26-17(15)23-19(24-26)25-10-13-8-14(11-25)22-13/h1-7,9,13-14,22H,8,10-11H2. The number of hydrogen-bond acceptors (Lipinski definition) is 7. The highest BCUT2D eigenvalue weighted by molar-refractivity contribution is 7.13. The van der Waals surface area contributed by atoms with Crippen molar-refractivity contribution < 1.29 is 0 Å². The number of aromatic nitrogens is 5. The van der Waals surface area contributed by atoms with Gasteiger partial charge < -0.3 is 10.2 Å². The zero-order chi connectivity index (χ0) is 17.8. The minimum atomic E-state index is 0.562. The number of fused-ring (bicyclic) bond motifs is 3. The molecule has 0 amide bonds. The van der Waals surface area contributed by atoms with Crippen LogP contribution in [-0.2, 0) is 0 Å². The van der Waals surface area contributed by atoms with E-state index in [0.717, 1.165) is 46.5 Å². The molecule has 0 aliphatic carbocycles. The highest BCUT2D eigenvalue weighted by atomic mass is 32.1. The first kappa shape index (κ1) is 15.2. The summed E-state index contributed by atoms with van der Waals surface area (Å²) < 4.78 is 1.93. The quantitative estimate of drug-likeness (QED) is 0.593. The number of nitrogens with zero attached hydrogens (tertiary/aromatic N) is 6. The van der Waals surface area contributed by atoms with Crippen LogP contribution in [0.15, 0.2) is 48.2 Å². The van der Waals surface area contributed by atoms with Gasteiger partial charge in [0.15, 0.2) is 5.65 Å². The maximum absolute atomic E-state index is 4.94. The van der Waals surface area contributed by atoms with Crippen molar-refractivity contribution in [3.8, 4) is 21.8 Å². The molecule has 134 valence electrons. The summed E-state index contributed by atoms with van der Waals surface area (Å²) in [6.45, 7) is 1.92. The molecule has 3 aliphatic heterocycles. The van der Waals surface area contributed by atoms with Crippen molar-refractivity contribution in [3.63, 3.8) is 0 Å². The highest BCUT2D eigenvalue weighted by Gasteiger charge is 2.37.